The molecule has 1 aromatic carbocycles. The maximum Gasteiger partial charge on any atom is 0.348 e. The normalized spacial score (nSPS) is 10.7. The molecule has 114 valence electrons. The summed E-state index contributed by atoms with van der Waals surface area (Å²) < 4.78 is 9.53. The second kappa shape index (κ2) is 7.73. The number of ether oxygens (including phenoxy) is 2. The molecule has 3 N–H and O–H groups in total. The fourth-order valence-electron chi connectivity index (χ4n) is 1.38. The number of hydrogen-bond acceptors (Lipinski definition) is 4. The molecule has 0 saturated carbocycles. The number of urea groups is 1. The molecule has 0 unspecified atom stereocenters. The van der Waals surface area contributed by atoms with Crippen molar-refractivity contribution in [3.63, 3.8) is 0 Å². The molecule has 8 heteroatoms. The first kappa shape index (κ1) is 16.3. The number of hydrogen-bond donors (Lipinski definition) is 2. The van der Waals surface area contributed by atoms with E-state index in [-0.39, 0.29) is 12.5 Å². The summed E-state index contributed by atoms with van der Waals surface area (Å²) in [5.41, 5.74) is 6.13. The Labute approximate surface area is 122 Å². The van der Waals surface area contributed by atoms with Gasteiger partial charge in [0.2, 0.25) is 5.96 Å². The second-order valence-electron chi connectivity index (χ2n) is 4.06. The van der Waals surface area contributed by atoms with Gasteiger partial charge in [-0.05, 0) is 12.1 Å². The number of esters is 1. The molecule has 0 atom stereocenters. The number of rotatable bonds is 4. The third-order valence-electron chi connectivity index (χ3n) is 2.52. The standard InChI is InChI=1S/C13H18N4O4/c1-17(8-11(18)21-3)12(14)16-13(19)15-9-5-4-6-10(7-9)20-2/h4-7H,8H2,1-3H3,(H3,14,15,16,19). The number of anilines is 1. The first-order chi connectivity index (χ1) is 9.96. The zero-order valence-electron chi connectivity index (χ0n) is 12.1. The maximum absolute atomic E-state index is 11.7. The predicted octanol–water partition coefficient (Wildman–Crippen LogP) is 0.647. The van der Waals surface area contributed by atoms with E-state index in [0.29, 0.717) is 11.4 Å². The summed E-state index contributed by atoms with van der Waals surface area (Å²) in [5.74, 6) is 0.0252. The number of amides is 2. The number of methoxy groups -OCH3 is 2. The fourth-order valence-corrected chi connectivity index (χ4v) is 1.38. The van der Waals surface area contributed by atoms with Crippen LogP contribution < -0.4 is 15.8 Å². The lowest BCUT2D eigenvalue weighted by Gasteiger charge is -2.15. The highest BCUT2D eigenvalue weighted by Gasteiger charge is 2.10. The van der Waals surface area contributed by atoms with Crippen molar-refractivity contribution in [2.24, 2.45) is 10.7 Å². The molecule has 0 fully saturated rings. The van der Waals surface area contributed by atoms with Crippen LogP contribution >= 0.6 is 0 Å². The summed E-state index contributed by atoms with van der Waals surface area (Å²) in [6.45, 7) is -0.0989. The number of carbonyl (C=O) groups is 2. The van der Waals surface area contributed by atoms with E-state index in [0.717, 1.165) is 0 Å². The molecule has 1 rings (SSSR count). The van der Waals surface area contributed by atoms with Crippen molar-refractivity contribution in [1.82, 2.24) is 4.90 Å². The van der Waals surface area contributed by atoms with E-state index >= 15 is 0 Å². The molecule has 0 aromatic heterocycles. The van der Waals surface area contributed by atoms with Gasteiger partial charge in [-0.15, -0.1) is 0 Å². The summed E-state index contributed by atoms with van der Waals surface area (Å²) >= 11 is 0. The van der Waals surface area contributed by atoms with E-state index in [4.69, 9.17) is 10.5 Å². The molecule has 0 saturated heterocycles. The molecule has 8 nitrogen and oxygen atoms in total. The average molecular weight is 294 g/mol. The SMILES string of the molecule is COC(=O)CN(C)C(N)=NC(=O)Nc1cccc(OC)c1. The minimum atomic E-state index is -0.655. The summed E-state index contributed by atoms with van der Waals surface area (Å²) in [6, 6.07) is 6.14. The molecule has 0 bridgehead atoms. The first-order valence-corrected chi connectivity index (χ1v) is 6.03. The van der Waals surface area contributed by atoms with Crippen molar-refractivity contribution < 1.29 is 19.1 Å². The van der Waals surface area contributed by atoms with Crippen molar-refractivity contribution in [1.29, 1.82) is 0 Å². The Morgan fingerprint density at radius 2 is 2.10 bits per heavy atom. The van der Waals surface area contributed by atoms with Crippen molar-refractivity contribution in [2.45, 2.75) is 0 Å². The van der Waals surface area contributed by atoms with Gasteiger partial charge in [0.15, 0.2) is 0 Å². The molecule has 0 heterocycles. The Morgan fingerprint density at radius 3 is 2.71 bits per heavy atom. The van der Waals surface area contributed by atoms with Gasteiger partial charge in [-0.2, -0.15) is 4.99 Å². The number of guanidine groups is 1. The number of nitrogens with zero attached hydrogens (tertiary/aromatic N) is 2. The lowest BCUT2D eigenvalue weighted by molar-refractivity contribution is -0.140. The number of likely N-dealkylation sites (N-methyl/N-ethyl adjacent to an activating group) is 1. The Hall–Kier alpha value is -2.77. The Kier molecular flexibility index (Phi) is 5.99. The van der Waals surface area contributed by atoms with Crippen LogP contribution in [0.3, 0.4) is 0 Å². The molecule has 0 aliphatic carbocycles. The topological polar surface area (TPSA) is 106 Å². The summed E-state index contributed by atoms with van der Waals surface area (Å²) in [6.07, 6.45) is 0. The highest BCUT2D eigenvalue weighted by molar-refractivity contribution is 5.99. The van der Waals surface area contributed by atoms with Crippen LogP contribution in [0, 0.1) is 0 Å². The molecule has 2 amide bonds. The van der Waals surface area contributed by atoms with Gasteiger partial charge < -0.3 is 25.4 Å². The van der Waals surface area contributed by atoms with E-state index in [1.165, 1.54) is 26.2 Å². The van der Waals surface area contributed by atoms with Gasteiger partial charge in [-0.3, -0.25) is 4.79 Å². The van der Waals surface area contributed by atoms with Gasteiger partial charge in [-0.1, -0.05) is 6.07 Å². The van der Waals surface area contributed by atoms with Crippen LogP contribution in [0.15, 0.2) is 29.3 Å². The number of benzene rings is 1. The Bertz CT molecular complexity index is 545. The molecule has 0 aliphatic rings. The number of carbonyl (C=O) groups excluding carboxylic acids is 2. The number of nitrogens with one attached hydrogen (secondary N) is 1. The van der Waals surface area contributed by atoms with Crippen molar-refractivity contribution >= 4 is 23.6 Å². The quantitative estimate of drug-likeness (QED) is 0.479. The van der Waals surface area contributed by atoms with Gasteiger partial charge in [0, 0.05) is 18.8 Å². The third-order valence-corrected chi connectivity index (χ3v) is 2.52. The third kappa shape index (κ3) is 5.39. The van der Waals surface area contributed by atoms with E-state index in [9.17, 15) is 9.59 Å². The zero-order chi connectivity index (χ0) is 15.8. The molecular formula is C13H18N4O4. The van der Waals surface area contributed by atoms with Crippen LogP contribution in [0.2, 0.25) is 0 Å². The zero-order valence-corrected chi connectivity index (χ0v) is 12.1. The van der Waals surface area contributed by atoms with Gasteiger partial charge in [0.25, 0.3) is 0 Å². The summed E-state index contributed by atoms with van der Waals surface area (Å²) in [5, 5.41) is 2.54. The Morgan fingerprint density at radius 1 is 1.38 bits per heavy atom. The largest absolute Gasteiger partial charge is 0.497 e. The molecule has 1 aromatic rings. The van der Waals surface area contributed by atoms with Gasteiger partial charge in [-0.25, -0.2) is 4.79 Å². The maximum atomic E-state index is 11.7. The van der Waals surface area contributed by atoms with Crippen LogP contribution in [0.25, 0.3) is 0 Å². The number of aliphatic imine (C=N–C) groups is 1. The van der Waals surface area contributed by atoms with Crippen molar-refractivity contribution in [2.75, 3.05) is 33.1 Å². The van der Waals surface area contributed by atoms with E-state index in [1.807, 2.05) is 0 Å². The minimum Gasteiger partial charge on any atom is -0.497 e. The smallest absolute Gasteiger partial charge is 0.348 e. The minimum absolute atomic E-state index is 0.0965. The molecule has 21 heavy (non-hydrogen) atoms. The molecular weight excluding hydrogens is 276 g/mol. The molecule has 0 radical (unpaired) electrons. The summed E-state index contributed by atoms with van der Waals surface area (Å²) in [7, 11) is 4.31. The van der Waals surface area contributed by atoms with Crippen LogP contribution in [0.4, 0.5) is 10.5 Å². The average Bonchev–Trinajstić information content (AvgIpc) is 2.46. The predicted molar refractivity (Wildman–Crippen MR) is 78.3 cm³/mol. The highest BCUT2D eigenvalue weighted by atomic mass is 16.5. The van der Waals surface area contributed by atoms with Gasteiger partial charge in [0.05, 0.1) is 14.2 Å². The Balaban J connectivity index is 2.66. The first-order valence-electron chi connectivity index (χ1n) is 6.03. The molecule has 0 spiro atoms. The van der Waals surface area contributed by atoms with Crippen molar-refractivity contribution in [3.8, 4) is 5.75 Å². The van der Waals surface area contributed by atoms with Crippen LogP contribution in [0.5, 0.6) is 5.75 Å². The van der Waals surface area contributed by atoms with E-state index in [2.05, 4.69) is 15.0 Å². The van der Waals surface area contributed by atoms with E-state index in [1.54, 1.807) is 24.3 Å². The van der Waals surface area contributed by atoms with Crippen LogP contribution in [-0.2, 0) is 9.53 Å². The van der Waals surface area contributed by atoms with E-state index < -0.39 is 12.0 Å². The highest BCUT2D eigenvalue weighted by Crippen LogP contribution is 2.16. The monoisotopic (exact) mass is 294 g/mol. The van der Waals surface area contributed by atoms with Crippen LogP contribution in [0.1, 0.15) is 0 Å². The van der Waals surface area contributed by atoms with Gasteiger partial charge in [0.1, 0.15) is 12.3 Å². The van der Waals surface area contributed by atoms with Gasteiger partial charge >= 0.3 is 12.0 Å². The lowest BCUT2D eigenvalue weighted by Crippen LogP contribution is -2.39. The second-order valence-corrected chi connectivity index (χ2v) is 4.06. The number of nitrogens with two attached hydrogens (primary N) is 1. The summed E-state index contributed by atoms with van der Waals surface area (Å²) in [4.78, 5) is 27.7. The molecule has 0 aliphatic heterocycles. The fraction of sp³-hybridized carbons (Fsp3) is 0.308. The van der Waals surface area contributed by atoms with Crippen molar-refractivity contribution in [3.05, 3.63) is 24.3 Å². The van der Waals surface area contributed by atoms with Crippen LogP contribution in [-0.4, -0.2) is 50.7 Å². The lowest BCUT2D eigenvalue weighted by atomic mass is 10.3.